The SMILES string of the molecule is CCc1ccc(N2CCN(C(C)=O)C(C)(C)C2)c(F)c1. The predicted octanol–water partition coefficient (Wildman–Crippen LogP) is 2.84. The van der Waals surface area contributed by atoms with Gasteiger partial charge in [-0.3, -0.25) is 4.79 Å². The van der Waals surface area contributed by atoms with Crippen LogP contribution in [0, 0.1) is 5.82 Å². The van der Waals surface area contributed by atoms with Gasteiger partial charge in [0.2, 0.25) is 5.91 Å². The topological polar surface area (TPSA) is 23.6 Å². The Labute approximate surface area is 120 Å². The summed E-state index contributed by atoms with van der Waals surface area (Å²) in [4.78, 5) is 15.5. The molecule has 20 heavy (non-hydrogen) atoms. The Kier molecular flexibility index (Phi) is 4.02. The summed E-state index contributed by atoms with van der Waals surface area (Å²) in [7, 11) is 0. The monoisotopic (exact) mass is 278 g/mol. The number of carbonyl (C=O) groups excluding carboxylic acids is 1. The van der Waals surface area contributed by atoms with E-state index in [9.17, 15) is 9.18 Å². The minimum atomic E-state index is -0.278. The fourth-order valence-corrected chi connectivity index (χ4v) is 2.97. The maximum atomic E-state index is 14.2. The lowest BCUT2D eigenvalue weighted by Crippen LogP contribution is -2.60. The standard InChI is InChI=1S/C16H23FN2O/c1-5-13-6-7-15(14(17)10-13)18-8-9-19(12(2)20)16(3,4)11-18/h6-7,10H,5,8-9,11H2,1-4H3. The van der Waals surface area contributed by atoms with Crippen LogP contribution in [-0.2, 0) is 11.2 Å². The molecule has 3 nitrogen and oxygen atoms in total. The summed E-state index contributed by atoms with van der Waals surface area (Å²) in [5.41, 5.74) is 1.37. The van der Waals surface area contributed by atoms with Crippen molar-refractivity contribution in [3.63, 3.8) is 0 Å². The Bertz CT molecular complexity index is 513. The maximum absolute atomic E-state index is 14.2. The molecule has 0 N–H and O–H groups in total. The van der Waals surface area contributed by atoms with Gasteiger partial charge >= 0.3 is 0 Å². The van der Waals surface area contributed by atoms with E-state index in [1.54, 1.807) is 13.0 Å². The summed E-state index contributed by atoms with van der Waals surface area (Å²) < 4.78 is 14.2. The Morgan fingerprint density at radius 2 is 2.05 bits per heavy atom. The molecule has 0 bridgehead atoms. The van der Waals surface area contributed by atoms with Crippen LogP contribution in [0.3, 0.4) is 0 Å². The van der Waals surface area contributed by atoms with Crippen molar-refractivity contribution >= 4 is 11.6 Å². The number of rotatable bonds is 2. The minimum Gasteiger partial charge on any atom is -0.365 e. The highest BCUT2D eigenvalue weighted by Crippen LogP contribution is 2.28. The number of hydrogen-bond acceptors (Lipinski definition) is 2. The molecule has 0 aliphatic carbocycles. The average molecular weight is 278 g/mol. The lowest BCUT2D eigenvalue weighted by atomic mass is 9.98. The van der Waals surface area contributed by atoms with E-state index in [2.05, 4.69) is 0 Å². The zero-order valence-electron chi connectivity index (χ0n) is 12.7. The van der Waals surface area contributed by atoms with E-state index in [-0.39, 0.29) is 17.3 Å². The van der Waals surface area contributed by atoms with Crippen LogP contribution in [-0.4, -0.2) is 36.0 Å². The van der Waals surface area contributed by atoms with Gasteiger partial charge in [0.15, 0.2) is 0 Å². The number of anilines is 1. The molecule has 0 unspecified atom stereocenters. The van der Waals surface area contributed by atoms with Crippen LogP contribution >= 0.6 is 0 Å². The van der Waals surface area contributed by atoms with Gasteiger partial charge in [-0.25, -0.2) is 4.39 Å². The number of carbonyl (C=O) groups is 1. The fourth-order valence-electron chi connectivity index (χ4n) is 2.97. The van der Waals surface area contributed by atoms with Crippen LogP contribution in [0.5, 0.6) is 0 Å². The number of halogens is 1. The molecule has 1 aliphatic rings. The first-order chi connectivity index (χ1) is 9.35. The third-order valence-electron chi connectivity index (χ3n) is 4.04. The van der Waals surface area contributed by atoms with Crippen molar-refractivity contribution in [2.75, 3.05) is 24.5 Å². The van der Waals surface area contributed by atoms with Gasteiger partial charge in [-0.1, -0.05) is 13.0 Å². The molecule has 1 heterocycles. The van der Waals surface area contributed by atoms with Crippen molar-refractivity contribution in [1.82, 2.24) is 4.90 Å². The maximum Gasteiger partial charge on any atom is 0.220 e. The van der Waals surface area contributed by atoms with E-state index < -0.39 is 0 Å². The molecule has 0 spiro atoms. The van der Waals surface area contributed by atoms with Crippen molar-refractivity contribution in [3.8, 4) is 0 Å². The Morgan fingerprint density at radius 1 is 1.35 bits per heavy atom. The molecule has 1 saturated heterocycles. The number of aryl methyl sites for hydroxylation is 1. The minimum absolute atomic E-state index is 0.0800. The van der Waals surface area contributed by atoms with Crippen LogP contribution in [0.1, 0.15) is 33.3 Å². The number of amides is 1. The third-order valence-corrected chi connectivity index (χ3v) is 4.04. The van der Waals surface area contributed by atoms with Crippen molar-refractivity contribution in [1.29, 1.82) is 0 Å². The average Bonchev–Trinajstić information content (AvgIpc) is 2.36. The summed E-state index contributed by atoms with van der Waals surface area (Å²) in [6.07, 6.45) is 0.834. The Balaban J connectivity index is 2.22. The van der Waals surface area contributed by atoms with Gasteiger partial charge in [0.05, 0.1) is 11.2 Å². The molecule has 0 radical (unpaired) electrons. The Morgan fingerprint density at radius 3 is 2.55 bits per heavy atom. The molecule has 4 heteroatoms. The van der Waals surface area contributed by atoms with Crippen LogP contribution < -0.4 is 4.90 Å². The van der Waals surface area contributed by atoms with Crippen molar-refractivity contribution in [3.05, 3.63) is 29.6 Å². The zero-order chi connectivity index (χ0) is 14.9. The van der Waals surface area contributed by atoms with Crippen LogP contribution in [0.4, 0.5) is 10.1 Å². The van der Waals surface area contributed by atoms with E-state index in [4.69, 9.17) is 0 Å². The summed E-state index contributed by atoms with van der Waals surface area (Å²) in [6, 6.07) is 5.44. The van der Waals surface area contributed by atoms with E-state index in [0.717, 1.165) is 12.0 Å². The third kappa shape index (κ3) is 2.79. The summed E-state index contributed by atoms with van der Waals surface area (Å²) in [5, 5.41) is 0. The van der Waals surface area contributed by atoms with Crippen LogP contribution in [0.15, 0.2) is 18.2 Å². The van der Waals surface area contributed by atoms with Gasteiger partial charge in [0, 0.05) is 26.6 Å². The first kappa shape index (κ1) is 14.8. The van der Waals surface area contributed by atoms with E-state index in [1.165, 1.54) is 0 Å². The summed E-state index contributed by atoms with van der Waals surface area (Å²) >= 11 is 0. The number of nitrogens with zero attached hydrogens (tertiary/aromatic N) is 2. The molecule has 1 aromatic rings. The van der Waals surface area contributed by atoms with E-state index >= 15 is 0 Å². The molecule has 0 atom stereocenters. The molecular formula is C16H23FN2O. The first-order valence-electron chi connectivity index (χ1n) is 7.16. The van der Waals surface area contributed by atoms with Crippen molar-refractivity contribution < 1.29 is 9.18 Å². The van der Waals surface area contributed by atoms with Gasteiger partial charge in [-0.05, 0) is 38.0 Å². The summed E-state index contributed by atoms with van der Waals surface area (Å²) in [6.45, 7) is 9.62. The first-order valence-corrected chi connectivity index (χ1v) is 7.16. The predicted molar refractivity (Wildman–Crippen MR) is 79.5 cm³/mol. The number of piperazine rings is 1. The van der Waals surface area contributed by atoms with Gasteiger partial charge in [-0.15, -0.1) is 0 Å². The van der Waals surface area contributed by atoms with E-state index in [0.29, 0.717) is 25.3 Å². The molecule has 1 amide bonds. The lowest BCUT2D eigenvalue weighted by Gasteiger charge is -2.47. The number of benzene rings is 1. The van der Waals surface area contributed by atoms with Gasteiger partial charge in [-0.2, -0.15) is 0 Å². The van der Waals surface area contributed by atoms with Crippen molar-refractivity contribution in [2.45, 2.75) is 39.7 Å². The molecule has 110 valence electrons. The van der Waals surface area contributed by atoms with Gasteiger partial charge in [0.1, 0.15) is 5.82 Å². The molecule has 1 fully saturated rings. The molecule has 0 saturated carbocycles. The van der Waals surface area contributed by atoms with Gasteiger partial charge in [0.25, 0.3) is 0 Å². The van der Waals surface area contributed by atoms with E-state index in [1.807, 2.05) is 42.7 Å². The van der Waals surface area contributed by atoms with Crippen LogP contribution in [0.25, 0.3) is 0 Å². The second-order valence-corrected chi connectivity index (χ2v) is 6.04. The Hall–Kier alpha value is -1.58. The second-order valence-electron chi connectivity index (χ2n) is 6.04. The quantitative estimate of drug-likeness (QED) is 0.830. The highest BCUT2D eigenvalue weighted by molar-refractivity contribution is 5.74. The number of hydrogen-bond donors (Lipinski definition) is 0. The highest BCUT2D eigenvalue weighted by Gasteiger charge is 2.35. The highest BCUT2D eigenvalue weighted by atomic mass is 19.1. The summed E-state index contributed by atoms with van der Waals surface area (Å²) in [5.74, 6) is -0.0899. The molecule has 1 aromatic carbocycles. The largest absolute Gasteiger partial charge is 0.365 e. The molecule has 0 aromatic heterocycles. The fraction of sp³-hybridized carbons (Fsp3) is 0.562. The molecular weight excluding hydrogens is 255 g/mol. The van der Waals surface area contributed by atoms with Crippen molar-refractivity contribution in [2.24, 2.45) is 0 Å². The smallest absolute Gasteiger partial charge is 0.220 e. The normalized spacial score (nSPS) is 18.2. The molecule has 1 aliphatic heterocycles. The zero-order valence-corrected chi connectivity index (χ0v) is 12.7. The second kappa shape index (κ2) is 5.43. The lowest BCUT2D eigenvalue weighted by molar-refractivity contribution is -0.134. The van der Waals surface area contributed by atoms with Crippen LogP contribution in [0.2, 0.25) is 0 Å². The van der Waals surface area contributed by atoms with Gasteiger partial charge < -0.3 is 9.80 Å². The molecule has 2 rings (SSSR count).